The van der Waals surface area contributed by atoms with Crippen molar-refractivity contribution < 1.29 is 4.79 Å². The Kier molecular flexibility index (Phi) is 4.88. The smallest absolute Gasteiger partial charge is 0.263 e. The Morgan fingerprint density at radius 1 is 1.19 bits per heavy atom. The van der Waals surface area contributed by atoms with E-state index in [0.717, 1.165) is 10.1 Å². The van der Waals surface area contributed by atoms with Gasteiger partial charge in [0.2, 0.25) is 0 Å². The average molecular weight is 304 g/mol. The number of fused-ring (bicyclic) bond motifs is 1. The number of amides is 1. The molecule has 3 nitrogen and oxygen atoms in total. The summed E-state index contributed by atoms with van der Waals surface area (Å²) in [7, 11) is 0. The molecule has 114 valence electrons. The molecule has 0 saturated carbocycles. The molecular weight excluding hydrogens is 280 g/mol. The van der Waals surface area contributed by atoms with Gasteiger partial charge in [-0.25, -0.2) is 0 Å². The van der Waals surface area contributed by atoms with Crippen LogP contribution in [0.1, 0.15) is 37.4 Å². The largest absolute Gasteiger partial charge is 0.397 e. The number of nitrogens with one attached hydrogen (secondary N) is 1. The normalized spacial score (nSPS) is 11.8. The summed E-state index contributed by atoms with van der Waals surface area (Å²) in [5.74, 6) is 1.51. The van der Waals surface area contributed by atoms with Crippen LogP contribution in [0.15, 0.2) is 24.3 Å². The Morgan fingerprint density at radius 2 is 1.81 bits per heavy atom. The SMILES string of the molecule is CC(C)C(CNC(=O)c1sc2ccccc2c1N)C(C)C. The Labute approximate surface area is 130 Å². The maximum atomic E-state index is 12.4. The van der Waals surface area contributed by atoms with Crippen molar-refractivity contribution in [3.63, 3.8) is 0 Å². The first-order valence-electron chi connectivity index (χ1n) is 7.47. The van der Waals surface area contributed by atoms with E-state index in [1.807, 2.05) is 24.3 Å². The minimum absolute atomic E-state index is 0.0556. The Balaban J connectivity index is 2.14. The predicted molar refractivity (Wildman–Crippen MR) is 91.7 cm³/mol. The van der Waals surface area contributed by atoms with Crippen molar-refractivity contribution >= 4 is 33.0 Å². The number of thiophene rings is 1. The highest BCUT2D eigenvalue weighted by atomic mass is 32.1. The molecule has 1 heterocycles. The Morgan fingerprint density at radius 3 is 2.38 bits per heavy atom. The molecule has 21 heavy (non-hydrogen) atoms. The predicted octanol–water partition coefficient (Wildman–Crippen LogP) is 4.14. The first-order valence-corrected chi connectivity index (χ1v) is 8.28. The molecule has 1 aromatic carbocycles. The van der Waals surface area contributed by atoms with Gasteiger partial charge in [-0.15, -0.1) is 11.3 Å². The fraction of sp³-hybridized carbons (Fsp3) is 0.471. The minimum Gasteiger partial charge on any atom is -0.397 e. The van der Waals surface area contributed by atoms with Crippen LogP contribution in [0.2, 0.25) is 0 Å². The zero-order chi connectivity index (χ0) is 15.6. The Bertz CT molecular complexity index is 623. The van der Waals surface area contributed by atoms with E-state index in [1.54, 1.807) is 0 Å². The lowest BCUT2D eigenvalue weighted by Gasteiger charge is -2.24. The third kappa shape index (κ3) is 3.38. The van der Waals surface area contributed by atoms with Crippen LogP contribution in [0.25, 0.3) is 10.1 Å². The number of hydrogen-bond acceptors (Lipinski definition) is 3. The molecule has 0 saturated heterocycles. The van der Waals surface area contributed by atoms with E-state index in [4.69, 9.17) is 5.73 Å². The first-order chi connectivity index (χ1) is 9.91. The molecule has 0 atom stereocenters. The van der Waals surface area contributed by atoms with Gasteiger partial charge in [-0.05, 0) is 23.8 Å². The summed E-state index contributed by atoms with van der Waals surface area (Å²) >= 11 is 1.46. The van der Waals surface area contributed by atoms with Gasteiger partial charge in [0.15, 0.2) is 0 Å². The molecule has 4 heteroatoms. The van der Waals surface area contributed by atoms with Crippen molar-refractivity contribution in [1.82, 2.24) is 5.32 Å². The number of nitrogens with two attached hydrogens (primary N) is 1. The van der Waals surface area contributed by atoms with Crippen molar-refractivity contribution in [2.45, 2.75) is 27.7 Å². The second-order valence-corrected chi connectivity index (χ2v) is 7.26. The van der Waals surface area contributed by atoms with Crippen LogP contribution >= 0.6 is 11.3 Å². The molecule has 3 N–H and O–H groups in total. The van der Waals surface area contributed by atoms with Crippen LogP contribution in [0, 0.1) is 17.8 Å². The van der Waals surface area contributed by atoms with Crippen molar-refractivity contribution in [2.75, 3.05) is 12.3 Å². The van der Waals surface area contributed by atoms with E-state index in [0.29, 0.717) is 34.9 Å². The second kappa shape index (κ2) is 6.48. The summed E-state index contributed by atoms with van der Waals surface area (Å²) in [4.78, 5) is 13.0. The number of hydrogen-bond donors (Lipinski definition) is 2. The molecule has 0 bridgehead atoms. The molecule has 2 rings (SSSR count). The van der Waals surface area contributed by atoms with Gasteiger partial charge < -0.3 is 11.1 Å². The van der Waals surface area contributed by atoms with Crippen molar-refractivity contribution in [3.8, 4) is 0 Å². The molecule has 0 radical (unpaired) electrons. The first kappa shape index (κ1) is 15.8. The third-order valence-corrected chi connectivity index (χ3v) is 5.24. The van der Waals surface area contributed by atoms with E-state index >= 15 is 0 Å². The second-order valence-electron chi connectivity index (χ2n) is 6.20. The maximum Gasteiger partial charge on any atom is 0.263 e. The van der Waals surface area contributed by atoms with Gasteiger partial charge in [-0.1, -0.05) is 45.9 Å². The molecule has 1 amide bonds. The summed E-state index contributed by atoms with van der Waals surface area (Å²) in [5, 5.41) is 4.02. The molecule has 2 aromatic rings. The number of benzene rings is 1. The lowest BCUT2D eigenvalue weighted by Crippen LogP contribution is -2.33. The van der Waals surface area contributed by atoms with Crippen LogP contribution in [0.4, 0.5) is 5.69 Å². The van der Waals surface area contributed by atoms with E-state index in [1.165, 1.54) is 11.3 Å². The van der Waals surface area contributed by atoms with Gasteiger partial charge in [0, 0.05) is 16.6 Å². The van der Waals surface area contributed by atoms with E-state index < -0.39 is 0 Å². The fourth-order valence-electron chi connectivity index (χ4n) is 2.77. The number of anilines is 1. The molecule has 0 aliphatic heterocycles. The van der Waals surface area contributed by atoms with Crippen LogP contribution in [0.5, 0.6) is 0 Å². The molecule has 1 aromatic heterocycles. The van der Waals surface area contributed by atoms with E-state index in [2.05, 4.69) is 33.0 Å². The summed E-state index contributed by atoms with van der Waals surface area (Å²) in [6, 6.07) is 7.87. The monoisotopic (exact) mass is 304 g/mol. The van der Waals surface area contributed by atoms with Crippen molar-refractivity contribution in [1.29, 1.82) is 0 Å². The lowest BCUT2D eigenvalue weighted by molar-refractivity contribution is 0.0942. The topological polar surface area (TPSA) is 55.1 Å². The highest BCUT2D eigenvalue weighted by molar-refractivity contribution is 7.21. The quantitative estimate of drug-likeness (QED) is 0.872. The van der Waals surface area contributed by atoms with Crippen LogP contribution < -0.4 is 11.1 Å². The number of rotatable bonds is 5. The summed E-state index contributed by atoms with van der Waals surface area (Å²) in [5.41, 5.74) is 6.71. The molecule has 0 fully saturated rings. The summed E-state index contributed by atoms with van der Waals surface area (Å²) in [6.45, 7) is 9.49. The number of carbonyl (C=O) groups excluding carboxylic acids is 1. The Hall–Kier alpha value is -1.55. The number of nitrogen functional groups attached to an aromatic ring is 1. The highest BCUT2D eigenvalue weighted by Crippen LogP contribution is 2.33. The van der Waals surface area contributed by atoms with Gasteiger partial charge in [-0.3, -0.25) is 4.79 Å². The summed E-state index contributed by atoms with van der Waals surface area (Å²) < 4.78 is 1.06. The van der Waals surface area contributed by atoms with Crippen LogP contribution in [-0.2, 0) is 0 Å². The number of carbonyl (C=O) groups is 1. The van der Waals surface area contributed by atoms with Gasteiger partial charge in [0.1, 0.15) is 4.88 Å². The molecular formula is C17H24N2OS. The molecule has 0 aliphatic rings. The van der Waals surface area contributed by atoms with Crippen molar-refractivity contribution in [3.05, 3.63) is 29.1 Å². The van der Waals surface area contributed by atoms with Gasteiger partial charge in [-0.2, -0.15) is 0 Å². The fourth-order valence-corrected chi connectivity index (χ4v) is 3.81. The molecule has 0 spiro atoms. The summed E-state index contributed by atoms with van der Waals surface area (Å²) in [6.07, 6.45) is 0. The average Bonchev–Trinajstić information content (AvgIpc) is 2.76. The third-order valence-electron chi connectivity index (χ3n) is 4.05. The van der Waals surface area contributed by atoms with Crippen molar-refractivity contribution in [2.24, 2.45) is 17.8 Å². The van der Waals surface area contributed by atoms with E-state index in [-0.39, 0.29) is 5.91 Å². The minimum atomic E-state index is -0.0556. The van der Waals surface area contributed by atoms with Crippen LogP contribution in [-0.4, -0.2) is 12.5 Å². The zero-order valence-corrected chi connectivity index (χ0v) is 14.0. The van der Waals surface area contributed by atoms with E-state index in [9.17, 15) is 4.79 Å². The lowest BCUT2D eigenvalue weighted by atomic mass is 9.85. The highest BCUT2D eigenvalue weighted by Gasteiger charge is 2.21. The van der Waals surface area contributed by atoms with Gasteiger partial charge in [0.25, 0.3) is 5.91 Å². The van der Waals surface area contributed by atoms with Crippen LogP contribution in [0.3, 0.4) is 0 Å². The zero-order valence-electron chi connectivity index (χ0n) is 13.1. The molecule has 0 aliphatic carbocycles. The van der Waals surface area contributed by atoms with Gasteiger partial charge >= 0.3 is 0 Å². The van der Waals surface area contributed by atoms with Gasteiger partial charge in [0.05, 0.1) is 5.69 Å². The standard InChI is InChI=1S/C17H24N2OS/c1-10(2)13(11(3)4)9-19-17(20)16-15(18)12-7-5-6-8-14(12)21-16/h5-8,10-11,13H,9,18H2,1-4H3,(H,19,20). The maximum absolute atomic E-state index is 12.4. The molecule has 0 unspecified atom stereocenters.